The van der Waals surface area contributed by atoms with Gasteiger partial charge in [0.05, 0.1) is 6.04 Å². The molecule has 1 atom stereocenters. The molecule has 0 saturated heterocycles. The topological polar surface area (TPSA) is 43.4 Å². The monoisotopic (exact) mass is 288 g/mol. The van der Waals surface area contributed by atoms with E-state index in [1.54, 1.807) is 0 Å². The standard InChI is InChI=1S/C17H24N2O2/c1-4-19-16(17(20-5-2)21-6-3)14-9-7-8-13-10-11-18-12-15(13)14/h7-12,16-17,19H,4-6H2,1-3H3. The van der Waals surface area contributed by atoms with E-state index in [0.717, 1.165) is 17.5 Å². The van der Waals surface area contributed by atoms with Crippen LogP contribution in [0.5, 0.6) is 0 Å². The molecule has 0 saturated carbocycles. The smallest absolute Gasteiger partial charge is 0.176 e. The lowest BCUT2D eigenvalue weighted by molar-refractivity contribution is -0.154. The maximum Gasteiger partial charge on any atom is 0.176 e. The number of hydrogen-bond acceptors (Lipinski definition) is 4. The van der Waals surface area contributed by atoms with Crippen LogP contribution in [-0.4, -0.2) is 31.0 Å². The third kappa shape index (κ3) is 3.79. The summed E-state index contributed by atoms with van der Waals surface area (Å²) in [5.41, 5.74) is 1.16. The summed E-state index contributed by atoms with van der Waals surface area (Å²) >= 11 is 0. The highest BCUT2D eigenvalue weighted by Crippen LogP contribution is 2.27. The van der Waals surface area contributed by atoms with E-state index in [2.05, 4.69) is 35.4 Å². The van der Waals surface area contributed by atoms with Crippen molar-refractivity contribution in [3.05, 3.63) is 42.2 Å². The molecule has 2 rings (SSSR count). The molecule has 4 nitrogen and oxygen atoms in total. The van der Waals surface area contributed by atoms with Crippen LogP contribution in [-0.2, 0) is 9.47 Å². The van der Waals surface area contributed by atoms with Gasteiger partial charge in [0.15, 0.2) is 6.29 Å². The van der Waals surface area contributed by atoms with Gasteiger partial charge < -0.3 is 14.8 Å². The average Bonchev–Trinajstić information content (AvgIpc) is 2.52. The van der Waals surface area contributed by atoms with E-state index in [4.69, 9.17) is 9.47 Å². The summed E-state index contributed by atoms with van der Waals surface area (Å²) in [5.74, 6) is 0. The number of benzene rings is 1. The number of hydrogen-bond donors (Lipinski definition) is 1. The number of ether oxygens (including phenoxy) is 2. The first-order chi connectivity index (χ1) is 10.3. The van der Waals surface area contributed by atoms with Gasteiger partial charge in [-0.2, -0.15) is 0 Å². The number of fused-ring (bicyclic) bond motifs is 1. The lowest BCUT2D eigenvalue weighted by atomic mass is 9.99. The minimum atomic E-state index is -0.300. The first-order valence-electron chi connectivity index (χ1n) is 7.61. The molecule has 1 aromatic heterocycles. The van der Waals surface area contributed by atoms with Gasteiger partial charge in [0.2, 0.25) is 0 Å². The summed E-state index contributed by atoms with van der Waals surface area (Å²) in [4.78, 5) is 4.26. The van der Waals surface area contributed by atoms with Gasteiger partial charge in [0.25, 0.3) is 0 Å². The second-order valence-electron chi connectivity index (χ2n) is 4.76. The summed E-state index contributed by atoms with van der Waals surface area (Å²) in [6.45, 7) is 8.15. The van der Waals surface area contributed by atoms with Crippen molar-refractivity contribution >= 4 is 10.8 Å². The van der Waals surface area contributed by atoms with E-state index < -0.39 is 0 Å². The lowest BCUT2D eigenvalue weighted by Gasteiger charge is -2.28. The first kappa shape index (κ1) is 15.9. The van der Waals surface area contributed by atoms with Crippen LogP contribution in [0.3, 0.4) is 0 Å². The highest BCUT2D eigenvalue weighted by Gasteiger charge is 2.24. The van der Waals surface area contributed by atoms with Crippen LogP contribution < -0.4 is 5.32 Å². The predicted octanol–water partition coefficient (Wildman–Crippen LogP) is 3.28. The molecule has 0 bridgehead atoms. The van der Waals surface area contributed by atoms with Crippen molar-refractivity contribution in [2.75, 3.05) is 19.8 Å². The Kier molecular flexibility index (Phi) is 6.11. The highest BCUT2D eigenvalue weighted by molar-refractivity contribution is 5.85. The first-order valence-corrected chi connectivity index (χ1v) is 7.61. The molecule has 0 aliphatic heterocycles. The van der Waals surface area contributed by atoms with Gasteiger partial charge in [-0.05, 0) is 37.4 Å². The van der Waals surface area contributed by atoms with E-state index in [9.17, 15) is 0 Å². The van der Waals surface area contributed by atoms with Crippen molar-refractivity contribution < 1.29 is 9.47 Å². The number of nitrogens with zero attached hydrogens (tertiary/aromatic N) is 1. The SMILES string of the molecule is CCNC(c1cccc2ccncc12)C(OCC)OCC. The third-order valence-electron chi connectivity index (χ3n) is 3.41. The summed E-state index contributed by atoms with van der Waals surface area (Å²) in [5, 5.41) is 5.80. The Bertz CT molecular complexity index is 548. The van der Waals surface area contributed by atoms with Gasteiger partial charge in [0.1, 0.15) is 0 Å². The van der Waals surface area contributed by atoms with E-state index >= 15 is 0 Å². The van der Waals surface area contributed by atoms with Crippen molar-refractivity contribution in [2.24, 2.45) is 0 Å². The van der Waals surface area contributed by atoms with Crippen LogP contribution in [0.4, 0.5) is 0 Å². The molecule has 0 aliphatic carbocycles. The Morgan fingerprint density at radius 2 is 1.86 bits per heavy atom. The molecule has 1 N–H and O–H groups in total. The van der Waals surface area contributed by atoms with Gasteiger partial charge >= 0.3 is 0 Å². The average molecular weight is 288 g/mol. The second-order valence-corrected chi connectivity index (χ2v) is 4.76. The maximum atomic E-state index is 5.80. The van der Waals surface area contributed by atoms with Crippen LogP contribution in [0.2, 0.25) is 0 Å². The Labute approximate surface area is 126 Å². The van der Waals surface area contributed by atoms with Crippen molar-refractivity contribution in [3.8, 4) is 0 Å². The second kappa shape index (κ2) is 8.08. The number of rotatable bonds is 8. The zero-order valence-corrected chi connectivity index (χ0v) is 13.0. The molecule has 1 unspecified atom stereocenters. The van der Waals surface area contributed by atoms with Crippen LogP contribution in [0.15, 0.2) is 36.7 Å². The van der Waals surface area contributed by atoms with Crippen molar-refractivity contribution in [1.29, 1.82) is 0 Å². The van der Waals surface area contributed by atoms with Crippen LogP contribution in [0.1, 0.15) is 32.4 Å². The van der Waals surface area contributed by atoms with E-state index in [-0.39, 0.29) is 12.3 Å². The van der Waals surface area contributed by atoms with Gasteiger partial charge in [0, 0.05) is 31.0 Å². The molecule has 114 valence electrons. The molecular weight excluding hydrogens is 264 g/mol. The predicted molar refractivity (Wildman–Crippen MR) is 85.2 cm³/mol. The summed E-state index contributed by atoms with van der Waals surface area (Å²) < 4.78 is 11.6. The minimum absolute atomic E-state index is 0.0113. The Morgan fingerprint density at radius 3 is 2.52 bits per heavy atom. The van der Waals surface area contributed by atoms with Crippen LogP contribution in [0.25, 0.3) is 10.8 Å². The fraction of sp³-hybridized carbons (Fsp3) is 0.471. The zero-order chi connectivity index (χ0) is 15.1. The fourth-order valence-electron chi connectivity index (χ4n) is 2.55. The molecule has 1 aromatic carbocycles. The number of likely N-dealkylation sites (N-methyl/N-ethyl adjacent to an activating group) is 1. The van der Waals surface area contributed by atoms with Gasteiger partial charge in [-0.15, -0.1) is 0 Å². The Hall–Kier alpha value is -1.49. The molecule has 21 heavy (non-hydrogen) atoms. The fourth-order valence-corrected chi connectivity index (χ4v) is 2.55. The summed E-state index contributed by atoms with van der Waals surface area (Å²) in [6, 6.07) is 8.29. The molecule has 4 heteroatoms. The third-order valence-corrected chi connectivity index (χ3v) is 3.41. The molecule has 0 amide bonds. The zero-order valence-electron chi connectivity index (χ0n) is 13.0. The maximum absolute atomic E-state index is 5.80. The van der Waals surface area contributed by atoms with Crippen molar-refractivity contribution in [1.82, 2.24) is 10.3 Å². The van der Waals surface area contributed by atoms with E-state index in [1.165, 1.54) is 5.39 Å². The molecule has 2 aromatic rings. The van der Waals surface area contributed by atoms with Crippen LogP contribution >= 0.6 is 0 Å². The lowest BCUT2D eigenvalue weighted by Crippen LogP contribution is -2.36. The largest absolute Gasteiger partial charge is 0.351 e. The van der Waals surface area contributed by atoms with E-state index in [0.29, 0.717) is 13.2 Å². The summed E-state index contributed by atoms with van der Waals surface area (Å²) in [7, 11) is 0. The van der Waals surface area contributed by atoms with Gasteiger partial charge in [-0.3, -0.25) is 4.98 Å². The molecule has 1 heterocycles. The molecule has 0 aliphatic rings. The van der Waals surface area contributed by atoms with Crippen molar-refractivity contribution in [2.45, 2.75) is 33.1 Å². The quantitative estimate of drug-likeness (QED) is 0.757. The molecular formula is C17H24N2O2. The normalized spacial score (nSPS) is 13.0. The molecule has 0 radical (unpaired) electrons. The Balaban J connectivity index is 2.43. The number of aromatic nitrogens is 1. The number of pyridine rings is 1. The van der Waals surface area contributed by atoms with E-state index in [1.807, 2.05) is 32.3 Å². The highest BCUT2D eigenvalue weighted by atomic mass is 16.7. The van der Waals surface area contributed by atoms with Crippen molar-refractivity contribution in [3.63, 3.8) is 0 Å². The Morgan fingerprint density at radius 1 is 1.10 bits per heavy atom. The minimum Gasteiger partial charge on any atom is -0.351 e. The summed E-state index contributed by atoms with van der Waals surface area (Å²) in [6.07, 6.45) is 3.42. The molecule has 0 spiro atoms. The molecule has 0 fully saturated rings. The van der Waals surface area contributed by atoms with Crippen LogP contribution in [0, 0.1) is 0 Å². The number of nitrogens with one attached hydrogen (secondary N) is 1. The van der Waals surface area contributed by atoms with Gasteiger partial charge in [-0.1, -0.05) is 25.1 Å². The van der Waals surface area contributed by atoms with Gasteiger partial charge in [-0.25, -0.2) is 0 Å².